The van der Waals surface area contributed by atoms with Crippen LogP contribution in [0.5, 0.6) is 0 Å². The van der Waals surface area contributed by atoms with Crippen LogP contribution in [0.25, 0.3) is 0 Å². The molecule has 2 amide bonds. The minimum atomic E-state index is -4.16. The van der Waals surface area contributed by atoms with Gasteiger partial charge in [-0.2, -0.15) is 0 Å². The number of sulfonamides is 1. The van der Waals surface area contributed by atoms with E-state index < -0.39 is 34.1 Å². The van der Waals surface area contributed by atoms with Crippen molar-refractivity contribution in [3.63, 3.8) is 0 Å². The molecule has 0 saturated heterocycles. The van der Waals surface area contributed by atoms with Crippen LogP contribution in [0.1, 0.15) is 54.2 Å². The first kappa shape index (κ1) is 34.4. The molecule has 0 spiro atoms. The Bertz CT molecular complexity index is 1780. The van der Waals surface area contributed by atoms with E-state index in [4.69, 9.17) is 0 Å². The molecule has 7 nitrogen and oxygen atoms in total. The van der Waals surface area contributed by atoms with Crippen molar-refractivity contribution in [1.82, 2.24) is 10.2 Å². The fourth-order valence-corrected chi connectivity index (χ4v) is 6.63. The molecule has 0 heterocycles. The van der Waals surface area contributed by atoms with Gasteiger partial charge in [0.1, 0.15) is 12.6 Å². The Morgan fingerprint density at radius 3 is 2.00 bits per heavy atom. The number of nitrogens with one attached hydrogen (secondary N) is 1. The summed E-state index contributed by atoms with van der Waals surface area (Å²) in [7, 11) is -4.16. The van der Waals surface area contributed by atoms with E-state index in [0.29, 0.717) is 5.69 Å². The van der Waals surface area contributed by atoms with Gasteiger partial charge in [-0.1, -0.05) is 78.4 Å². The molecular weight excluding hydrogens is 595 g/mol. The van der Waals surface area contributed by atoms with E-state index in [9.17, 15) is 18.0 Å². The zero-order valence-corrected chi connectivity index (χ0v) is 28.7. The van der Waals surface area contributed by atoms with Crippen molar-refractivity contribution >= 4 is 27.5 Å². The molecule has 0 aromatic heterocycles. The first-order chi connectivity index (χ1) is 21.7. The number of benzene rings is 4. The predicted molar refractivity (Wildman–Crippen MR) is 185 cm³/mol. The molecule has 4 aromatic rings. The van der Waals surface area contributed by atoms with Gasteiger partial charge in [-0.25, -0.2) is 8.42 Å². The van der Waals surface area contributed by atoms with Gasteiger partial charge in [0.05, 0.1) is 10.6 Å². The molecule has 0 aliphatic carbocycles. The lowest BCUT2D eigenvalue weighted by atomic mass is 10.00. The van der Waals surface area contributed by atoms with Gasteiger partial charge < -0.3 is 10.2 Å². The Balaban J connectivity index is 1.84. The van der Waals surface area contributed by atoms with Crippen LogP contribution in [0.3, 0.4) is 0 Å². The zero-order valence-electron chi connectivity index (χ0n) is 27.9. The van der Waals surface area contributed by atoms with E-state index in [1.54, 1.807) is 36.4 Å². The topological polar surface area (TPSA) is 86.8 Å². The minimum absolute atomic E-state index is 0.0842. The van der Waals surface area contributed by atoms with E-state index >= 15 is 0 Å². The fourth-order valence-electron chi connectivity index (χ4n) is 5.22. The second-order valence-corrected chi connectivity index (χ2v) is 14.8. The van der Waals surface area contributed by atoms with E-state index in [1.165, 1.54) is 9.21 Å². The van der Waals surface area contributed by atoms with Gasteiger partial charge in [-0.3, -0.25) is 13.9 Å². The zero-order chi connectivity index (χ0) is 33.6. The largest absolute Gasteiger partial charge is 0.350 e. The molecule has 4 aromatic carbocycles. The smallest absolute Gasteiger partial charge is 0.264 e. The SMILES string of the molecule is Cc1ccc(S(=O)(=O)N(CC(=O)N(Cc2ccccc2C)C(Cc2ccccc2)C(=O)NC(C)(C)C)c2ccc(C)c(C)c2)cc1. The Morgan fingerprint density at radius 2 is 1.39 bits per heavy atom. The second-order valence-electron chi connectivity index (χ2n) is 13.0. The molecule has 0 aliphatic heterocycles. The average molecular weight is 640 g/mol. The number of carbonyl (C=O) groups excluding carboxylic acids is 2. The summed E-state index contributed by atoms with van der Waals surface area (Å²) in [5.41, 5.74) is 5.38. The van der Waals surface area contributed by atoms with Crippen LogP contribution >= 0.6 is 0 Å². The molecule has 1 unspecified atom stereocenters. The molecule has 8 heteroatoms. The van der Waals surface area contributed by atoms with Crippen molar-refractivity contribution < 1.29 is 18.0 Å². The van der Waals surface area contributed by atoms with E-state index in [1.807, 2.05) is 109 Å². The van der Waals surface area contributed by atoms with Crippen LogP contribution in [0.2, 0.25) is 0 Å². The summed E-state index contributed by atoms with van der Waals surface area (Å²) in [5.74, 6) is -0.792. The highest BCUT2D eigenvalue weighted by Gasteiger charge is 2.35. The van der Waals surface area contributed by atoms with E-state index in [2.05, 4.69) is 5.32 Å². The Kier molecular flexibility index (Phi) is 10.7. The van der Waals surface area contributed by atoms with E-state index in [-0.39, 0.29) is 23.8 Å². The van der Waals surface area contributed by atoms with Crippen LogP contribution in [0, 0.1) is 27.7 Å². The second kappa shape index (κ2) is 14.3. The van der Waals surface area contributed by atoms with Crippen molar-refractivity contribution in [1.29, 1.82) is 0 Å². The van der Waals surface area contributed by atoms with Crippen molar-refractivity contribution in [2.45, 2.75) is 77.9 Å². The standard InChI is InChI=1S/C38H45N3O4S/c1-27-17-21-34(22-18-27)46(44,45)41(33-20-19-28(2)30(4)23-33)26-36(42)40(25-32-16-12-11-13-29(32)3)35(37(43)39-38(5,6)7)24-31-14-9-8-10-15-31/h8-23,35H,24-26H2,1-7H3,(H,39,43). The maximum absolute atomic E-state index is 14.7. The van der Waals surface area contributed by atoms with Crippen molar-refractivity contribution in [3.8, 4) is 0 Å². The first-order valence-corrected chi connectivity index (χ1v) is 17.0. The summed E-state index contributed by atoms with van der Waals surface area (Å²) in [6.07, 6.45) is 0.259. The summed E-state index contributed by atoms with van der Waals surface area (Å²) in [6, 6.07) is 28.3. The molecule has 4 rings (SSSR count). The number of carbonyl (C=O) groups is 2. The molecule has 0 bridgehead atoms. The molecule has 0 radical (unpaired) electrons. The third-order valence-electron chi connectivity index (χ3n) is 8.04. The van der Waals surface area contributed by atoms with Crippen LogP contribution in [0.4, 0.5) is 5.69 Å². The highest BCUT2D eigenvalue weighted by Crippen LogP contribution is 2.27. The number of hydrogen-bond donors (Lipinski definition) is 1. The maximum Gasteiger partial charge on any atom is 0.264 e. The maximum atomic E-state index is 14.7. The first-order valence-electron chi connectivity index (χ1n) is 15.5. The number of aryl methyl sites for hydroxylation is 4. The third kappa shape index (κ3) is 8.63. The van der Waals surface area contributed by atoms with Crippen molar-refractivity contribution in [2.24, 2.45) is 0 Å². The summed E-state index contributed by atoms with van der Waals surface area (Å²) in [5, 5.41) is 3.07. The van der Waals surface area contributed by atoms with Crippen LogP contribution in [0.15, 0.2) is 102 Å². The Hall–Kier alpha value is -4.43. The summed E-state index contributed by atoms with van der Waals surface area (Å²) in [6.45, 7) is 13.0. The Morgan fingerprint density at radius 1 is 0.761 bits per heavy atom. The molecule has 0 aliphatic rings. The monoisotopic (exact) mass is 639 g/mol. The van der Waals surface area contributed by atoms with Crippen molar-refractivity contribution in [2.75, 3.05) is 10.8 Å². The number of amides is 2. The van der Waals surface area contributed by atoms with Crippen LogP contribution in [-0.2, 0) is 32.6 Å². The van der Waals surface area contributed by atoms with Gasteiger partial charge in [0, 0.05) is 18.5 Å². The summed E-state index contributed by atoms with van der Waals surface area (Å²) in [4.78, 5) is 30.3. The highest BCUT2D eigenvalue weighted by molar-refractivity contribution is 7.92. The van der Waals surface area contributed by atoms with Gasteiger partial charge in [0.15, 0.2) is 0 Å². The average Bonchev–Trinajstić information content (AvgIpc) is 2.99. The molecule has 1 N–H and O–H groups in total. The molecule has 46 heavy (non-hydrogen) atoms. The number of anilines is 1. The predicted octanol–water partition coefficient (Wildman–Crippen LogP) is 6.67. The van der Waals surface area contributed by atoms with Gasteiger partial charge in [-0.05, 0) is 101 Å². The summed E-state index contributed by atoms with van der Waals surface area (Å²) >= 11 is 0. The molecule has 242 valence electrons. The number of rotatable bonds is 11. The molecule has 1 atom stereocenters. The number of nitrogens with zero attached hydrogens (tertiary/aromatic N) is 2. The van der Waals surface area contributed by atoms with Gasteiger partial charge in [-0.15, -0.1) is 0 Å². The third-order valence-corrected chi connectivity index (χ3v) is 9.83. The van der Waals surface area contributed by atoms with Crippen LogP contribution in [-0.4, -0.2) is 43.3 Å². The lowest BCUT2D eigenvalue weighted by Crippen LogP contribution is -2.56. The minimum Gasteiger partial charge on any atom is -0.350 e. The van der Waals surface area contributed by atoms with Crippen molar-refractivity contribution in [3.05, 3.63) is 130 Å². The normalized spacial score (nSPS) is 12.3. The lowest BCUT2D eigenvalue weighted by Gasteiger charge is -2.35. The van der Waals surface area contributed by atoms with Gasteiger partial charge in [0.2, 0.25) is 11.8 Å². The molecule has 0 fully saturated rings. The number of hydrogen-bond acceptors (Lipinski definition) is 4. The quantitative estimate of drug-likeness (QED) is 0.199. The molecule has 0 saturated carbocycles. The van der Waals surface area contributed by atoms with Gasteiger partial charge in [0.25, 0.3) is 10.0 Å². The van der Waals surface area contributed by atoms with Crippen LogP contribution < -0.4 is 9.62 Å². The Labute approximate surface area is 274 Å². The lowest BCUT2D eigenvalue weighted by molar-refractivity contribution is -0.140. The van der Waals surface area contributed by atoms with Gasteiger partial charge >= 0.3 is 0 Å². The highest BCUT2D eigenvalue weighted by atomic mass is 32.2. The van der Waals surface area contributed by atoms with E-state index in [0.717, 1.165) is 33.4 Å². The fraction of sp³-hybridized carbons (Fsp3) is 0.316. The molecular formula is C38H45N3O4S. The summed E-state index contributed by atoms with van der Waals surface area (Å²) < 4.78 is 29.7.